The summed E-state index contributed by atoms with van der Waals surface area (Å²) < 4.78 is 12.7. The molecular weight excluding hydrogens is 424 g/mol. The number of carbonyl (C=O) groups excluding carboxylic acids is 2. The first-order chi connectivity index (χ1) is 15.5. The summed E-state index contributed by atoms with van der Waals surface area (Å²) in [6.07, 6.45) is 1.97. The maximum atomic E-state index is 12.9. The zero-order valence-electron chi connectivity index (χ0n) is 18.7. The number of hydrogen-bond donors (Lipinski definition) is 0. The third-order valence-corrected chi connectivity index (χ3v) is 6.70. The van der Waals surface area contributed by atoms with Gasteiger partial charge in [0.2, 0.25) is 0 Å². The first-order valence-corrected chi connectivity index (χ1v) is 11.6. The first-order valence-electron chi connectivity index (χ1n) is 10.7. The summed E-state index contributed by atoms with van der Waals surface area (Å²) in [6, 6.07) is 13.8. The van der Waals surface area contributed by atoms with Gasteiger partial charge in [0.1, 0.15) is 5.75 Å². The number of benzene rings is 1. The topological polar surface area (TPSA) is 60.8 Å². The van der Waals surface area contributed by atoms with Crippen molar-refractivity contribution in [2.75, 3.05) is 13.7 Å². The van der Waals surface area contributed by atoms with E-state index in [1.807, 2.05) is 60.5 Å². The van der Waals surface area contributed by atoms with Gasteiger partial charge in [-0.1, -0.05) is 18.2 Å². The van der Waals surface area contributed by atoms with Gasteiger partial charge in [0.25, 0.3) is 5.91 Å². The summed E-state index contributed by atoms with van der Waals surface area (Å²) in [6.45, 7) is 4.87. The van der Waals surface area contributed by atoms with Crippen LogP contribution in [0.4, 0.5) is 0 Å². The third kappa shape index (κ3) is 5.05. The van der Waals surface area contributed by atoms with Crippen molar-refractivity contribution in [3.05, 3.63) is 75.2 Å². The fourth-order valence-corrected chi connectivity index (χ4v) is 4.52. The van der Waals surface area contributed by atoms with Gasteiger partial charge in [0.05, 0.1) is 19.2 Å². The highest BCUT2D eigenvalue weighted by atomic mass is 32.1. The molecular formula is C25H28N2O4S. The Morgan fingerprint density at radius 1 is 1.16 bits per heavy atom. The van der Waals surface area contributed by atoms with E-state index in [4.69, 9.17) is 9.47 Å². The number of thiophene rings is 1. The van der Waals surface area contributed by atoms with Crippen molar-refractivity contribution in [3.8, 4) is 5.75 Å². The molecule has 0 bridgehead atoms. The molecule has 0 N–H and O–H groups in total. The van der Waals surface area contributed by atoms with Gasteiger partial charge < -0.3 is 18.9 Å². The smallest absolute Gasteiger partial charge is 0.340 e. The van der Waals surface area contributed by atoms with Crippen LogP contribution < -0.4 is 4.74 Å². The normalized spacial score (nSPS) is 13.1. The van der Waals surface area contributed by atoms with Gasteiger partial charge in [-0.15, -0.1) is 11.3 Å². The second-order valence-electron chi connectivity index (χ2n) is 8.13. The molecule has 0 saturated heterocycles. The van der Waals surface area contributed by atoms with Crippen LogP contribution in [-0.2, 0) is 22.6 Å². The number of ether oxygens (including phenoxy) is 2. The number of hydrogen-bond acceptors (Lipinski definition) is 5. The Labute approximate surface area is 192 Å². The van der Waals surface area contributed by atoms with Crippen molar-refractivity contribution < 1.29 is 19.1 Å². The SMILES string of the molecule is COc1ccc(CN(C(=O)COC(=O)c2cc(C)n(Cc3cccs3)c2C)C2CC2)cc1. The van der Waals surface area contributed by atoms with Crippen LogP contribution in [0.1, 0.15) is 45.0 Å². The van der Waals surface area contributed by atoms with Crippen LogP contribution in [0.3, 0.4) is 0 Å². The van der Waals surface area contributed by atoms with Crippen LogP contribution in [0.15, 0.2) is 47.8 Å². The number of amides is 1. The van der Waals surface area contributed by atoms with Crippen molar-refractivity contribution in [1.29, 1.82) is 0 Å². The molecule has 168 valence electrons. The summed E-state index contributed by atoms with van der Waals surface area (Å²) >= 11 is 1.69. The van der Waals surface area contributed by atoms with Gasteiger partial charge in [-0.3, -0.25) is 4.79 Å². The third-order valence-electron chi connectivity index (χ3n) is 5.83. The minimum Gasteiger partial charge on any atom is -0.497 e. The second kappa shape index (κ2) is 9.61. The lowest BCUT2D eigenvalue weighted by atomic mass is 10.2. The summed E-state index contributed by atoms with van der Waals surface area (Å²) in [5.41, 5.74) is 3.38. The first kappa shape index (κ1) is 22.1. The van der Waals surface area contributed by atoms with E-state index in [9.17, 15) is 9.59 Å². The number of esters is 1. The predicted molar refractivity (Wildman–Crippen MR) is 124 cm³/mol. The van der Waals surface area contributed by atoms with Gasteiger partial charge in [-0.2, -0.15) is 0 Å². The maximum absolute atomic E-state index is 12.9. The van der Waals surface area contributed by atoms with Crippen molar-refractivity contribution in [3.63, 3.8) is 0 Å². The molecule has 0 radical (unpaired) electrons. The zero-order valence-corrected chi connectivity index (χ0v) is 19.5. The molecule has 4 rings (SSSR count). The van der Waals surface area contributed by atoms with Crippen LogP contribution >= 0.6 is 11.3 Å². The largest absolute Gasteiger partial charge is 0.497 e. The highest BCUT2D eigenvalue weighted by Gasteiger charge is 2.33. The fraction of sp³-hybridized carbons (Fsp3) is 0.360. The molecule has 1 aliphatic carbocycles. The molecule has 3 aromatic rings. The Kier molecular flexibility index (Phi) is 6.65. The minimum absolute atomic E-state index is 0.163. The number of carbonyl (C=O) groups is 2. The Morgan fingerprint density at radius 2 is 1.91 bits per heavy atom. The lowest BCUT2D eigenvalue weighted by Crippen LogP contribution is -2.36. The molecule has 0 spiro atoms. The van der Waals surface area contributed by atoms with Gasteiger partial charge in [0, 0.05) is 28.9 Å². The van der Waals surface area contributed by atoms with Crippen LogP contribution in [0.5, 0.6) is 5.75 Å². The number of nitrogens with zero attached hydrogens (tertiary/aromatic N) is 2. The second-order valence-corrected chi connectivity index (χ2v) is 9.16. The lowest BCUT2D eigenvalue weighted by molar-refractivity contribution is -0.135. The van der Waals surface area contributed by atoms with Crippen molar-refractivity contribution in [2.24, 2.45) is 0 Å². The summed E-state index contributed by atoms with van der Waals surface area (Å²) in [7, 11) is 1.63. The van der Waals surface area contributed by atoms with Crippen LogP contribution in [0, 0.1) is 13.8 Å². The van der Waals surface area contributed by atoms with Gasteiger partial charge in [-0.25, -0.2) is 4.79 Å². The van der Waals surface area contributed by atoms with E-state index in [-0.39, 0.29) is 18.6 Å². The predicted octanol–water partition coefficient (Wildman–Crippen LogP) is 4.57. The highest BCUT2D eigenvalue weighted by molar-refractivity contribution is 7.09. The molecule has 1 fully saturated rings. The average molecular weight is 453 g/mol. The summed E-state index contributed by atoms with van der Waals surface area (Å²) in [5, 5.41) is 2.04. The van der Waals surface area contributed by atoms with Crippen LogP contribution in [-0.4, -0.2) is 41.1 Å². The Bertz CT molecular complexity index is 1080. The molecule has 0 atom stereocenters. The van der Waals surface area contributed by atoms with E-state index in [1.165, 1.54) is 4.88 Å². The molecule has 1 aromatic carbocycles. The zero-order chi connectivity index (χ0) is 22.7. The highest BCUT2D eigenvalue weighted by Crippen LogP contribution is 2.29. The standard InChI is InChI=1S/C25H28N2O4S/c1-17-13-23(18(2)26(17)15-22-5-4-12-32-22)25(29)31-16-24(28)27(20-8-9-20)14-19-6-10-21(30-3)11-7-19/h4-7,10-13,20H,8-9,14-16H2,1-3H3. The molecule has 1 amide bonds. The lowest BCUT2D eigenvalue weighted by Gasteiger charge is -2.22. The molecule has 0 aliphatic heterocycles. The van der Waals surface area contributed by atoms with Crippen LogP contribution in [0.25, 0.3) is 0 Å². The molecule has 6 nitrogen and oxygen atoms in total. The molecule has 1 saturated carbocycles. The molecule has 2 aromatic heterocycles. The van der Waals surface area contributed by atoms with Crippen molar-refractivity contribution in [2.45, 2.75) is 45.8 Å². The molecule has 32 heavy (non-hydrogen) atoms. The van der Waals surface area contributed by atoms with Gasteiger partial charge in [0.15, 0.2) is 6.61 Å². The van der Waals surface area contributed by atoms with E-state index in [2.05, 4.69) is 10.6 Å². The van der Waals surface area contributed by atoms with Gasteiger partial charge >= 0.3 is 5.97 Å². The maximum Gasteiger partial charge on any atom is 0.340 e. The minimum atomic E-state index is -0.455. The number of aromatic nitrogens is 1. The Hall–Kier alpha value is -3.06. The molecule has 2 heterocycles. The average Bonchev–Trinajstić information content (AvgIpc) is 3.44. The van der Waals surface area contributed by atoms with E-state index in [0.717, 1.165) is 42.1 Å². The number of aryl methyl sites for hydroxylation is 1. The summed E-state index contributed by atoms with van der Waals surface area (Å²) in [4.78, 5) is 28.7. The Balaban J connectivity index is 1.38. The van der Waals surface area contributed by atoms with Gasteiger partial charge in [-0.05, 0) is 61.9 Å². The summed E-state index contributed by atoms with van der Waals surface area (Å²) in [5.74, 6) is 0.164. The van der Waals surface area contributed by atoms with E-state index < -0.39 is 5.97 Å². The fourth-order valence-electron chi connectivity index (χ4n) is 3.83. The van der Waals surface area contributed by atoms with E-state index >= 15 is 0 Å². The molecule has 7 heteroatoms. The number of methoxy groups -OCH3 is 1. The quantitative estimate of drug-likeness (QED) is 0.446. The van der Waals surface area contributed by atoms with Crippen molar-refractivity contribution >= 4 is 23.2 Å². The Morgan fingerprint density at radius 3 is 2.53 bits per heavy atom. The number of rotatable bonds is 9. The molecule has 0 unspecified atom stereocenters. The van der Waals surface area contributed by atoms with Crippen molar-refractivity contribution in [1.82, 2.24) is 9.47 Å². The van der Waals surface area contributed by atoms with Crippen LogP contribution in [0.2, 0.25) is 0 Å². The monoisotopic (exact) mass is 452 g/mol. The van der Waals surface area contributed by atoms with E-state index in [1.54, 1.807) is 18.4 Å². The van der Waals surface area contributed by atoms with E-state index in [0.29, 0.717) is 12.1 Å². The molecule has 1 aliphatic rings.